The molecule has 0 spiro atoms. The summed E-state index contributed by atoms with van der Waals surface area (Å²) in [6.07, 6.45) is 0.786. The first-order valence-electron chi connectivity index (χ1n) is 7.18. The van der Waals surface area contributed by atoms with Crippen LogP contribution in [0.5, 0.6) is 0 Å². The first-order chi connectivity index (χ1) is 9.50. The molecule has 0 aliphatic rings. The second-order valence-corrected chi connectivity index (χ2v) is 10.0. The number of hydrogen-bond acceptors (Lipinski definition) is 4. The Morgan fingerprint density at radius 2 is 1.95 bits per heavy atom. The number of carbonyl (C=O) groups excluding carboxylic acids is 1. The van der Waals surface area contributed by atoms with Crippen molar-refractivity contribution in [1.82, 2.24) is 4.98 Å². The zero-order valence-corrected chi connectivity index (χ0v) is 15.6. The Morgan fingerprint density at radius 1 is 1.38 bits per heavy atom. The first-order valence-corrected chi connectivity index (χ1v) is 9.27. The molecule has 1 amide bonds. The molecule has 1 N–H and O–H groups in total. The molecule has 0 aliphatic carbocycles. The van der Waals surface area contributed by atoms with Gasteiger partial charge in [0.25, 0.3) is 0 Å². The molecule has 21 heavy (non-hydrogen) atoms. The van der Waals surface area contributed by atoms with E-state index in [1.54, 1.807) is 13.8 Å². The van der Waals surface area contributed by atoms with Crippen molar-refractivity contribution >= 4 is 33.2 Å². The summed E-state index contributed by atoms with van der Waals surface area (Å²) in [5.41, 5.74) is 0.901. The third-order valence-corrected chi connectivity index (χ3v) is 6.50. The van der Waals surface area contributed by atoms with Crippen molar-refractivity contribution in [2.45, 2.75) is 70.3 Å². The molecule has 1 rings (SSSR count). The molecule has 2 atom stereocenters. The molecule has 0 saturated carbocycles. The number of nitrogens with one attached hydrogen (secondary N) is 1. The van der Waals surface area contributed by atoms with E-state index >= 15 is 0 Å². The maximum atomic E-state index is 12.4. The molecule has 120 valence electrons. The zero-order valence-electron chi connectivity index (χ0n) is 13.9. The Morgan fingerprint density at radius 3 is 2.38 bits per heavy atom. The molecule has 1 aromatic heterocycles. The second kappa shape index (κ2) is 6.57. The Kier molecular flexibility index (Phi) is 5.72. The van der Waals surface area contributed by atoms with Gasteiger partial charge in [0.2, 0.25) is 5.91 Å². The molecular formula is C15H26N2O2S2. The molecular weight excluding hydrogens is 304 g/mol. The fraction of sp³-hybridized carbons (Fsp3) is 0.733. The monoisotopic (exact) mass is 330 g/mol. The summed E-state index contributed by atoms with van der Waals surface area (Å²) in [6.45, 7) is 13.6. The number of rotatable bonds is 5. The number of aromatic nitrogens is 1. The topological polar surface area (TPSA) is 59.1 Å². The number of hydrogen-bond donors (Lipinski definition) is 1. The Labute approximate surface area is 134 Å². The molecule has 0 aliphatic heterocycles. The van der Waals surface area contributed by atoms with Crippen LogP contribution in [-0.4, -0.2) is 25.1 Å². The van der Waals surface area contributed by atoms with Crippen molar-refractivity contribution < 1.29 is 9.00 Å². The van der Waals surface area contributed by atoms with Crippen LogP contribution in [0.3, 0.4) is 0 Å². The van der Waals surface area contributed by atoms with Crippen molar-refractivity contribution in [1.29, 1.82) is 0 Å². The Hall–Kier alpha value is -0.750. The Balaban J connectivity index is 2.85. The summed E-state index contributed by atoms with van der Waals surface area (Å²) in [4.78, 5) is 16.9. The third kappa shape index (κ3) is 4.36. The Bertz CT molecular complexity index is 530. The van der Waals surface area contributed by atoms with Gasteiger partial charge in [-0.05, 0) is 20.3 Å². The van der Waals surface area contributed by atoms with Crippen molar-refractivity contribution in [2.24, 2.45) is 0 Å². The lowest BCUT2D eigenvalue weighted by molar-refractivity contribution is -0.117. The maximum Gasteiger partial charge on any atom is 0.244 e. The van der Waals surface area contributed by atoms with Gasteiger partial charge in [0, 0.05) is 26.8 Å². The number of amides is 1. The summed E-state index contributed by atoms with van der Waals surface area (Å²) in [7, 11) is -1.22. The molecule has 6 heteroatoms. The minimum atomic E-state index is -1.22. The van der Waals surface area contributed by atoms with Gasteiger partial charge >= 0.3 is 0 Å². The van der Waals surface area contributed by atoms with Gasteiger partial charge in [-0.1, -0.05) is 34.6 Å². The smallest absolute Gasteiger partial charge is 0.244 e. The third-order valence-electron chi connectivity index (χ3n) is 3.48. The normalized spacial score (nSPS) is 15.6. The van der Waals surface area contributed by atoms with E-state index in [1.807, 2.05) is 19.2 Å². The second-order valence-electron chi connectivity index (χ2n) is 6.77. The van der Waals surface area contributed by atoms with E-state index in [4.69, 9.17) is 0 Å². The summed E-state index contributed by atoms with van der Waals surface area (Å²) < 4.78 is 11.5. The van der Waals surface area contributed by atoms with Crippen LogP contribution in [0.4, 0.5) is 5.13 Å². The van der Waals surface area contributed by atoms with E-state index in [0.717, 1.165) is 12.1 Å². The molecule has 1 aromatic rings. The molecule has 0 bridgehead atoms. The van der Waals surface area contributed by atoms with Crippen molar-refractivity contribution in [2.75, 3.05) is 5.32 Å². The summed E-state index contributed by atoms with van der Waals surface area (Å²) >= 11 is 1.40. The highest BCUT2D eigenvalue weighted by Crippen LogP contribution is 2.28. The predicted octanol–water partition coefficient (Wildman–Crippen LogP) is 3.70. The molecule has 0 aromatic carbocycles. The van der Waals surface area contributed by atoms with Crippen molar-refractivity contribution in [3.8, 4) is 0 Å². The van der Waals surface area contributed by atoms with E-state index in [0.29, 0.717) is 5.13 Å². The quantitative estimate of drug-likeness (QED) is 0.895. The highest BCUT2D eigenvalue weighted by Gasteiger charge is 2.37. The van der Waals surface area contributed by atoms with Crippen LogP contribution >= 0.6 is 11.3 Å². The maximum absolute atomic E-state index is 12.4. The minimum Gasteiger partial charge on any atom is -0.301 e. The molecule has 0 radical (unpaired) electrons. The highest BCUT2D eigenvalue weighted by molar-refractivity contribution is 7.87. The van der Waals surface area contributed by atoms with E-state index in [9.17, 15) is 9.00 Å². The number of carbonyl (C=O) groups is 1. The zero-order chi connectivity index (χ0) is 16.4. The van der Waals surface area contributed by atoms with Gasteiger partial charge < -0.3 is 5.32 Å². The SMILES string of the molecule is CCC(C)S(=O)C(C)(C)C(=O)Nc1nc(C(C)(C)C)cs1. The summed E-state index contributed by atoms with van der Waals surface area (Å²) in [6, 6.07) is 0. The van der Waals surface area contributed by atoms with Crippen LogP contribution in [0.25, 0.3) is 0 Å². The summed E-state index contributed by atoms with van der Waals surface area (Å²) in [5.74, 6) is -0.240. The highest BCUT2D eigenvalue weighted by atomic mass is 32.2. The van der Waals surface area contributed by atoms with E-state index in [2.05, 4.69) is 31.1 Å². The predicted molar refractivity (Wildman–Crippen MR) is 91.4 cm³/mol. The van der Waals surface area contributed by atoms with Gasteiger partial charge in [-0.15, -0.1) is 11.3 Å². The molecule has 0 saturated heterocycles. The molecule has 2 unspecified atom stereocenters. The standard InChI is InChI=1S/C15H26N2O2S2/c1-8-10(2)21(19)15(6,7)12(18)17-13-16-11(9-20-13)14(3,4)5/h9-10H,8H2,1-7H3,(H,16,17,18). The van der Waals surface area contributed by atoms with Gasteiger partial charge in [0.15, 0.2) is 5.13 Å². The van der Waals surface area contributed by atoms with Crippen LogP contribution in [0.2, 0.25) is 0 Å². The average molecular weight is 331 g/mol. The molecule has 0 fully saturated rings. The van der Waals surface area contributed by atoms with Crippen LogP contribution in [0, 0.1) is 0 Å². The van der Waals surface area contributed by atoms with Gasteiger partial charge in [0.05, 0.1) is 5.69 Å². The van der Waals surface area contributed by atoms with E-state index < -0.39 is 15.5 Å². The average Bonchev–Trinajstić information content (AvgIpc) is 2.85. The van der Waals surface area contributed by atoms with Gasteiger partial charge in [-0.25, -0.2) is 4.98 Å². The lowest BCUT2D eigenvalue weighted by Gasteiger charge is -2.25. The van der Waals surface area contributed by atoms with E-state index in [-0.39, 0.29) is 16.6 Å². The van der Waals surface area contributed by atoms with Crippen molar-refractivity contribution in [3.05, 3.63) is 11.1 Å². The fourth-order valence-electron chi connectivity index (χ4n) is 1.67. The number of anilines is 1. The van der Waals surface area contributed by atoms with Gasteiger partial charge in [-0.3, -0.25) is 9.00 Å². The van der Waals surface area contributed by atoms with Crippen LogP contribution in [-0.2, 0) is 21.0 Å². The minimum absolute atomic E-state index is 0.00724. The molecule has 4 nitrogen and oxygen atoms in total. The van der Waals surface area contributed by atoms with Crippen molar-refractivity contribution in [3.63, 3.8) is 0 Å². The summed E-state index contributed by atoms with van der Waals surface area (Å²) in [5, 5.41) is 5.32. The van der Waals surface area contributed by atoms with Crippen LogP contribution < -0.4 is 5.32 Å². The molecule has 1 heterocycles. The first kappa shape index (κ1) is 18.3. The van der Waals surface area contributed by atoms with Gasteiger partial charge in [0.1, 0.15) is 4.75 Å². The van der Waals surface area contributed by atoms with E-state index in [1.165, 1.54) is 11.3 Å². The van der Waals surface area contributed by atoms with Crippen LogP contribution in [0.15, 0.2) is 5.38 Å². The fourth-order valence-corrected chi connectivity index (χ4v) is 4.14. The number of thiazole rings is 1. The largest absolute Gasteiger partial charge is 0.301 e. The lowest BCUT2D eigenvalue weighted by atomic mass is 9.93. The van der Waals surface area contributed by atoms with Crippen LogP contribution in [0.1, 0.15) is 60.6 Å². The number of nitrogens with zero attached hydrogens (tertiary/aromatic N) is 1. The lowest BCUT2D eigenvalue weighted by Crippen LogP contribution is -2.44. The van der Waals surface area contributed by atoms with Gasteiger partial charge in [-0.2, -0.15) is 0 Å².